The lowest BCUT2D eigenvalue weighted by Crippen LogP contribution is -2.29. The van der Waals surface area contributed by atoms with Crippen molar-refractivity contribution in [2.75, 3.05) is 4.90 Å². The average molecular weight is 447 g/mol. The number of hydrogen-bond donors (Lipinski definition) is 0. The Kier molecular flexibility index (Phi) is 5.75. The van der Waals surface area contributed by atoms with Crippen molar-refractivity contribution in [2.45, 2.75) is 12.8 Å². The van der Waals surface area contributed by atoms with Crippen molar-refractivity contribution < 1.29 is 19.1 Å². The van der Waals surface area contributed by atoms with Crippen LogP contribution < -0.4 is 9.64 Å². The third-order valence-electron chi connectivity index (χ3n) is 5.84. The van der Waals surface area contributed by atoms with Crippen molar-refractivity contribution in [3.05, 3.63) is 131 Å². The van der Waals surface area contributed by atoms with Crippen LogP contribution in [-0.4, -0.2) is 17.8 Å². The van der Waals surface area contributed by atoms with Crippen molar-refractivity contribution in [2.24, 2.45) is 0 Å². The fraction of sp³-hybridized carbons (Fsp3) is 0.0690. The Hall–Kier alpha value is -4.51. The number of fused-ring (bicyclic) bond motifs is 1. The summed E-state index contributed by atoms with van der Waals surface area (Å²) in [5.41, 5.74) is 3.66. The largest absolute Gasteiger partial charge is 0.423 e. The molecule has 2 amide bonds. The number of hydrogen-bond acceptors (Lipinski definition) is 4. The molecule has 0 N–H and O–H groups in total. The zero-order valence-electron chi connectivity index (χ0n) is 18.3. The van der Waals surface area contributed by atoms with E-state index in [0.29, 0.717) is 28.8 Å². The molecule has 0 saturated carbocycles. The van der Waals surface area contributed by atoms with Gasteiger partial charge < -0.3 is 4.74 Å². The number of carbonyl (C=O) groups is 3. The number of rotatable bonds is 6. The fourth-order valence-electron chi connectivity index (χ4n) is 4.13. The van der Waals surface area contributed by atoms with Gasteiger partial charge in [-0.3, -0.25) is 9.59 Å². The monoisotopic (exact) mass is 447 g/mol. The lowest BCUT2D eigenvalue weighted by atomic mass is 10.00. The van der Waals surface area contributed by atoms with E-state index in [1.165, 1.54) is 11.6 Å². The summed E-state index contributed by atoms with van der Waals surface area (Å²) in [6.07, 6.45) is 1.50. The molecule has 0 spiro atoms. The molecule has 0 bridgehead atoms. The number of aryl methyl sites for hydroxylation is 2. The van der Waals surface area contributed by atoms with Crippen molar-refractivity contribution in [1.29, 1.82) is 0 Å². The van der Waals surface area contributed by atoms with Gasteiger partial charge in [-0.1, -0.05) is 66.7 Å². The van der Waals surface area contributed by atoms with Crippen molar-refractivity contribution in [3.63, 3.8) is 0 Å². The Labute approximate surface area is 197 Å². The van der Waals surface area contributed by atoms with Crippen LogP contribution in [0.4, 0.5) is 5.69 Å². The summed E-state index contributed by atoms with van der Waals surface area (Å²) >= 11 is 0. The molecule has 4 aromatic rings. The predicted octanol–water partition coefficient (Wildman–Crippen LogP) is 5.49. The average Bonchev–Trinajstić information content (AvgIpc) is 3.13. The van der Waals surface area contributed by atoms with E-state index in [1.807, 2.05) is 30.3 Å². The Morgan fingerprint density at radius 2 is 1.32 bits per heavy atom. The van der Waals surface area contributed by atoms with Gasteiger partial charge in [0, 0.05) is 6.07 Å². The molecular weight excluding hydrogens is 426 g/mol. The van der Waals surface area contributed by atoms with Crippen molar-refractivity contribution >= 4 is 23.5 Å². The number of carbonyl (C=O) groups excluding carboxylic acids is 3. The van der Waals surface area contributed by atoms with Crippen LogP contribution in [0.3, 0.4) is 0 Å². The highest BCUT2D eigenvalue weighted by Crippen LogP contribution is 2.30. The van der Waals surface area contributed by atoms with E-state index in [9.17, 15) is 14.4 Å². The van der Waals surface area contributed by atoms with Crippen LogP contribution in [0.25, 0.3) is 0 Å². The number of ether oxygens (including phenoxy) is 1. The van der Waals surface area contributed by atoms with E-state index >= 15 is 0 Å². The summed E-state index contributed by atoms with van der Waals surface area (Å²) in [6, 6.07) is 30.6. The van der Waals surface area contributed by atoms with Gasteiger partial charge in [0.05, 0.1) is 22.4 Å². The van der Waals surface area contributed by atoms with Crippen molar-refractivity contribution in [1.82, 2.24) is 0 Å². The van der Waals surface area contributed by atoms with E-state index in [-0.39, 0.29) is 5.75 Å². The number of anilines is 1. The maximum Gasteiger partial charge on any atom is 0.343 e. The summed E-state index contributed by atoms with van der Waals surface area (Å²) in [4.78, 5) is 39.7. The van der Waals surface area contributed by atoms with Gasteiger partial charge in [0.25, 0.3) is 11.8 Å². The Bertz CT molecular complexity index is 1360. The standard InChI is InChI=1S/C29H21NO4/c31-27-25-15-6-7-16-26(25)28(32)30(27)22-12-8-13-23(19-22)34-29(33)24-14-5-4-11-21(24)18-17-20-9-2-1-3-10-20/h1-16,19H,17-18H2. The molecule has 0 unspecified atom stereocenters. The van der Waals surface area contributed by atoms with Gasteiger partial charge in [-0.25, -0.2) is 9.69 Å². The highest BCUT2D eigenvalue weighted by atomic mass is 16.5. The van der Waals surface area contributed by atoms with Crippen LogP contribution in [0, 0.1) is 0 Å². The first kappa shape index (κ1) is 21.3. The number of esters is 1. The highest BCUT2D eigenvalue weighted by molar-refractivity contribution is 6.34. The number of benzene rings is 4. The second-order valence-corrected chi connectivity index (χ2v) is 8.02. The van der Waals surface area contributed by atoms with Gasteiger partial charge in [-0.05, 0) is 54.3 Å². The van der Waals surface area contributed by atoms with Crippen LogP contribution in [0.5, 0.6) is 5.75 Å². The minimum Gasteiger partial charge on any atom is -0.423 e. The summed E-state index contributed by atoms with van der Waals surface area (Å²) in [6.45, 7) is 0. The summed E-state index contributed by atoms with van der Waals surface area (Å²) in [5, 5.41) is 0. The molecule has 1 aliphatic rings. The normalized spacial score (nSPS) is 12.5. The number of imide groups is 1. The topological polar surface area (TPSA) is 63.7 Å². The van der Waals surface area contributed by atoms with E-state index in [4.69, 9.17) is 4.74 Å². The third kappa shape index (κ3) is 4.11. The fourth-order valence-corrected chi connectivity index (χ4v) is 4.13. The van der Waals surface area contributed by atoms with Crippen LogP contribution in [-0.2, 0) is 12.8 Å². The Morgan fingerprint density at radius 3 is 2.06 bits per heavy atom. The molecule has 166 valence electrons. The first-order valence-electron chi connectivity index (χ1n) is 11.0. The molecule has 1 aliphatic heterocycles. The second-order valence-electron chi connectivity index (χ2n) is 8.02. The lowest BCUT2D eigenvalue weighted by Gasteiger charge is -2.15. The Morgan fingerprint density at radius 1 is 0.676 bits per heavy atom. The van der Waals surface area contributed by atoms with E-state index < -0.39 is 17.8 Å². The van der Waals surface area contributed by atoms with Gasteiger partial charge in [0.2, 0.25) is 0 Å². The molecule has 4 aromatic carbocycles. The molecule has 34 heavy (non-hydrogen) atoms. The summed E-state index contributed by atoms with van der Waals surface area (Å²) < 4.78 is 5.65. The number of nitrogens with zero attached hydrogens (tertiary/aromatic N) is 1. The molecule has 0 atom stereocenters. The molecule has 0 saturated heterocycles. The summed E-state index contributed by atoms with van der Waals surface area (Å²) in [5.74, 6) is -1.01. The van der Waals surface area contributed by atoms with Gasteiger partial charge in [0.1, 0.15) is 5.75 Å². The third-order valence-corrected chi connectivity index (χ3v) is 5.84. The molecular formula is C29H21NO4. The second kappa shape index (κ2) is 9.16. The van der Waals surface area contributed by atoms with Gasteiger partial charge in [-0.15, -0.1) is 0 Å². The SMILES string of the molecule is O=C(Oc1cccc(N2C(=O)c3ccccc3C2=O)c1)c1ccccc1CCc1ccccc1. The van der Waals surface area contributed by atoms with E-state index in [1.54, 1.807) is 54.6 Å². The minimum atomic E-state index is -0.483. The van der Waals surface area contributed by atoms with Gasteiger partial charge in [-0.2, -0.15) is 0 Å². The van der Waals surface area contributed by atoms with E-state index in [2.05, 4.69) is 12.1 Å². The minimum absolute atomic E-state index is 0.261. The zero-order valence-corrected chi connectivity index (χ0v) is 18.3. The first-order valence-corrected chi connectivity index (χ1v) is 11.0. The molecule has 5 heteroatoms. The summed E-state index contributed by atoms with van der Waals surface area (Å²) in [7, 11) is 0. The number of amides is 2. The predicted molar refractivity (Wildman–Crippen MR) is 129 cm³/mol. The van der Waals surface area contributed by atoms with Crippen LogP contribution in [0.1, 0.15) is 42.2 Å². The molecule has 5 nitrogen and oxygen atoms in total. The highest BCUT2D eigenvalue weighted by Gasteiger charge is 2.36. The molecule has 0 aliphatic carbocycles. The maximum absolute atomic E-state index is 13.0. The van der Waals surface area contributed by atoms with Crippen LogP contribution >= 0.6 is 0 Å². The molecule has 0 radical (unpaired) electrons. The van der Waals surface area contributed by atoms with Crippen molar-refractivity contribution in [3.8, 4) is 5.75 Å². The van der Waals surface area contributed by atoms with Gasteiger partial charge in [0.15, 0.2) is 0 Å². The maximum atomic E-state index is 13.0. The molecule has 1 heterocycles. The smallest absolute Gasteiger partial charge is 0.343 e. The Balaban J connectivity index is 1.35. The molecule has 0 aromatic heterocycles. The molecule has 0 fully saturated rings. The zero-order chi connectivity index (χ0) is 23.5. The quantitative estimate of drug-likeness (QED) is 0.223. The first-order chi connectivity index (χ1) is 16.6. The van der Waals surface area contributed by atoms with Crippen LogP contribution in [0.2, 0.25) is 0 Å². The van der Waals surface area contributed by atoms with E-state index in [0.717, 1.165) is 16.9 Å². The lowest BCUT2D eigenvalue weighted by molar-refractivity contribution is 0.0733. The van der Waals surface area contributed by atoms with Gasteiger partial charge >= 0.3 is 5.97 Å². The van der Waals surface area contributed by atoms with Crippen LogP contribution in [0.15, 0.2) is 103 Å². The molecule has 5 rings (SSSR count).